The van der Waals surface area contributed by atoms with Gasteiger partial charge >= 0.3 is 5.97 Å². The summed E-state index contributed by atoms with van der Waals surface area (Å²) in [6.07, 6.45) is 0.326. The molecule has 29 heavy (non-hydrogen) atoms. The lowest BCUT2D eigenvalue weighted by Crippen LogP contribution is -2.14. The minimum Gasteiger partial charge on any atom is -0.494 e. The van der Waals surface area contributed by atoms with E-state index in [2.05, 4.69) is 10.3 Å². The number of hydrogen-bond donors (Lipinski definition) is 1. The maximum atomic E-state index is 12.5. The van der Waals surface area contributed by atoms with E-state index in [9.17, 15) is 9.59 Å². The molecule has 1 aromatic heterocycles. The van der Waals surface area contributed by atoms with Crippen LogP contribution in [0.3, 0.4) is 0 Å². The Bertz CT molecular complexity index is 968. The second kappa shape index (κ2) is 9.84. The van der Waals surface area contributed by atoms with E-state index in [1.807, 2.05) is 61.5 Å². The number of methoxy groups -OCH3 is 1. The molecular formula is C22H22N2O4S. The van der Waals surface area contributed by atoms with E-state index in [1.165, 1.54) is 18.4 Å². The third-order valence-corrected chi connectivity index (χ3v) is 5.09. The van der Waals surface area contributed by atoms with E-state index in [-0.39, 0.29) is 24.7 Å². The largest absolute Gasteiger partial charge is 0.494 e. The van der Waals surface area contributed by atoms with E-state index < -0.39 is 0 Å². The number of ether oxygens (including phenoxy) is 2. The highest BCUT2D eigenvalue weighted by atomic mass is 32.1. The second-order valence-corrected chi connectivity index (χ2v) is 7.30. The van der Waals surface area contributed by atoms with Crippen LogP contribution in [0.1, 0.15) is 17.4 Å². The summed E-state index contributed by atoms with van der Waals surface area (Å²) < 4.78 is 10.2. The average Bonchev–Trinajstić information content (AvgIpc) is 3.12. The molecule has 1 heterocycles. The first-order chi connectivity index (χ1) is 14.1. The number of benzene rings is 2. The van der Waals surface area contributed by atoms with E-state index in [1.54, 1.807) is 0 Å². The van der Waals surface area contributed by atoms with Gasteiger partial charge < -0.3 is 14.8 Å². The molecule has 0 saturated carbocycles. The van der Waals surface area contributed by atoms with Gasteiger partial charge in [0.05, 0.1) is 32.3 Å². The van der Waals surface area contributed by atoms with Crippen LogP contribution in [0.15, 0.2) is 54.6 Å². The lowest BCUT2D eigenvalue weighted by Gasteiger charge is -2.05. The third-order valence-electron chi connectivity index (χ3n) is 4.12. The Balaban J connectivity index is 1.74. The van der Waals surface area contributed by atoms with Crippen molar-refractivity contribution in [2.45, 2.75) is 19.8 Å². The minimum atomic E-state index is -0.349. The monoisotopic (exact) mass is 410 g/mol. The van der Waals surface area contributed by atoms with Gasteiger partial charge in [0.15, 0.2) is 5.13 Å². The fraction of sp³-hybridized carbons (Fsp3) is 0.227. The number of aromatic nitrogens is 1. The summed E-state index contributed by atoms with van der Waals surface area (Å²) in [6, 6.07) is 17.0. The lowest BCUT2D eigenvalue weighted by molar-refractivity contribution is -0.139. The summed E-state index contributed by atoms with van der Waals surface area (Å²) in [4.78, 5) is 29.5. The van der Waals surface area contributed by atoms with Crippen molar-refractivity contribution in [2.75, 3.05) is 19.0 Å². The topological polar surface area (TPSA) is 77.5 Å². The molecule has 0 spiro atoms. The molecule has 3 aromatic rings. The molecule has 0 bridgehead atoms. The van der Waals surface area contributed by atoms with Crippen molar-refractivity contribution in [1.82, 2.24) is 4.98 Å². The van der Waals surface area contributed by atoms with Gasteiger partial charge in [-0.15, -0.1) is 11.3 Å². The molecule has 0 aliphatic heterocycles. The summed E-state index contributed by atoms with van der Waals surface area (Å²) in [5.41, 5.74) is 2.44. The predicted molar refractivity (Wildman–Crippen MR) is 113 cm³/mol. The maximum absolute atomic E-state index is 12.5. The number of carbonyl (C=O) groups is 2. The highest BCUT2D eigenvalue weighted by Crippen LogP contribution is 2.32. The van der Waals surface area contributed by atoms with Crippen molar-refractivity contribution in [2.24, 2.45) is 0 Å². The van der Waals surface area contributed by atoms with Crippen LogP contribution in [-0.4, -0.2) is 30.6 Å². The quantitative estimate of drug-likeness (QED) is 0.566. The fourth-order valence-corrected chi connectivity index (χ4v) is 3.75. The first kappa shape index (κ1) is 20.5. The van der Waals surface area contributed by atoms with Gasteiger partial charge in [0.2, 0.25) is 5.91 Å². The summed E-state index contributed by atoms with van der Waals surface area (Å²) >= 11 is 1.28. The Morgan fingerprint density at radius 1 is 1.03 bits per heavy atom. The molecular weight excluding hydrogens is 388 g/mol. The normalized spacial score (nSPS) is 10.4. The summed E-state index contributed by atoms with van der Waals surface area (Å²) in [5.74, 6) is 0.252. The van der Waals surface area contributed by atoms with Gasteiger partial charge in [-0.05, 0) is 24.6 Å². The summed E-state index contributed by atoms with van der Waals surface area (Å²) in [5, 5.41) is 3.29. The number of thiazole rings is 1. The summed E-state index contributed by atoms with van der Waals surface area (Å²) in [6.45, 7) is 2.52. The van der Waals surface area contributed by atoms with E-state index >= 15 is 0 Å². The number of amides is 1. The van der Waals surface area contributed by atoms with Crippen LogP contribution in [-0.2, 0) is 27.2 Å². The van der Waals surface area contributed by atoms with Crippen molar-refractivity contribution in [3.05, 3.63) is 65.0 Å². The standard InChI is InChI=1S/C22H22N2O4S/c1-3-28-17-11-9-15(10-12-17)13-19(25)23-22-24-21(16-7-5-4-6-8-16)18(29-22)14-20(26)27-2/h4-12H,3,13-14H2,1-2H3,(H,23,24,25). The van der Waals surface area contributed by atoms with Crippen LogP contribution in [0.5, 0.6) is 5.75 Å². The molecule has 0 radical (unpaired) electrons. The minimum absolute atomic E-state index is 0.104. The zero-order chi connectivity index (χ0) is 20.6. The SMILES string of the molecule is CCOc1ccc(CC(=O)Nc2nc(-c3ccccc3)c(CC(=O)OC)s2)cc1. The smallest absolute Gasteiger partial charge is 0.310 e. The van der Waals surface area contributed by atoms with Crippen LogP contribution in [0.4, 0.5) is 5.13 Å². The van der Waals surface area contributed by atoms with Gasteiger partial charge in [0.1, 0.15) is 5.75 Å². The Hall–Kier alpha value is -3.19. The van der Waals surface area contributed by atoms with Crippen LogP contribution < -0.4 is 10.1 Å². The molecule has 7 heteroatoms. The zero-order valence-electron chi connectivity index (χ0n) is 16.3. The van der Waals surface area contributed by atoms with Crippen molar-refractivity contribution in [3.8, 4) is 17.0 Å². The first-order valence-corrected chi connectivity index (χ1v) is 10.0. The molecule has 150 valence electrons. The average molecular weight is 410 g/mol. The van der Waals surface area contributed by atoms with Crippen molar-refractivity contribution >= 4 is 28.3 Å². The fourth-order valence-electron chi connectivity index (χ4n) is 2.77. The Kier molecular flexibility index (Phi) is 6.97. The van der Waals surface area contributed by atoms with E-state index in [4.69, 9.17) is 9.47 Å². The van der Waals surface area contributed by atoms with Crippen LogP contribution in [0, 0.1) is 0 Å². The van der Waals surface area contributed by atoms with Crippen molar-refractivity contribution < 1.29 is 19.1 Å². The van der Waals surface area contributed by atoms with Gasteiger partial charge in [-0.25, -0.2) is 4.98 Å². The van der Waals surface area contributed by atoms with Crippen LogP contribution in [0.2, 0.25) is 0 Å². The Morgan fingerprint density at radius 2 is 1.76 bits per heavy atom. The number of rotatable bonds is 8. The van der Waals surface area contributed by atoms with Gasteiger partial charge in [0, 0.05) is 10.4 Å². The number of esters is 1. The second-order valence-electron chi connectivity index (χ2n) is 6.21. The Morgan fingerprint density at radius 3 is 2.41 bits per heavy atom. The van der Waals surface area contributed by atoms with Gasteiger partial charge in [0.25, 0.3) is 0 Å². The molecule has 0 unspecified atom stereocenters. The van der Waals surface area contributed by atoms with Crippen molar-refractivity contribution in [3.63, 3.8) is 0 Å². The first-order valence-electron chi connectivity index (χ1n) is 9.22. The maximum Gasteiger partial charge on any atom is 0.310 e. The van der Waals surface area contributed by atoms with E-state index in [0.717, 1.165) is 21.8 Å². The molecule has 3 rings (SSSR count). The molecule has 2 aromatic carbocycles. The van der Waals surface area contributed by atoms with Crippen LogP contribution in [0.25, 0.3) is 11.3 Å². The highest BCUT2D eigenvalue weighted by molar-refractivity contribution is 7.16. The molecule has 6 nitrogen and oxygen atoms in total. The molecule has 1 N–H and O–H groups in total. The van der Waals surface area contributed by atoms with E-state index in [0.29, 0.717) is 17.4 Å². The molecule has 0 aliphatic rings. The zero-order valence-corrected chi connectivity index (χ0v) is 17.1. The molecule has 0 aliphatic carbocycles. The third kappa shape index (κ3) is 5.65. The molecule has 0 saturated heterocycles. The molecule has 0 atom stereocenters. The van der Waals surface area contributed by atoms with Gasteiger partial charge in [-0.1, -0.05) is 42.5 Å². The number of carbonyl (C=O) groups excluding carboxylic acids is 2. The van der Waals surface area contributed by atoms with Crippen molar-refractivity contribution in [1.29, 1.82) is 0 Å². The number of nitrogens with zero attached hydrogens (tertiary/aromatic N) is 1. The number of hydrogen-bond acceptors (Lipinski definition) is 6. The molecule has 1 amide bonds. The predicted octanol–water partition coefficient (Wildman–Crippen LogP) is 4.11. The Labute approximate surface area is 173 Å². The highest BCUT2D eigenvalue weighted by Gasteiger charge is 2.18. The number of anilines is 1. The summed E-state index contributed by atoms with van der Waals surface area (Å²) in [7, 11) is 1.35. The van der Waals surface area contributed by atoms with Gasteiger partial charge in [-0.3, -0.25) is 9.59 Å². The number of nitrogens with one attached hydrogen (secondary N) is 1. The van der Waals surface area contributed by atoms with Gasteiger partial charge in [-0.2, -0.15) is 0 Å². The van der Waals surface area contributed by atoms with Crippen LogP contribution >= 0.6 is 11.3 Å². The lowest BCUT2D eigenvalue weighted by atomic mass is 10.1. The molecule has 0 fully saturated rings.